The lowest BCUT2D eigenvalue weighted by atomic mass is 10.2. The van der Waals surface area contributed by atoms with Crippen LogP contribution in [-0.4, -0.2) is 34.3 Å². The smallest absolute Gasteiger partial charge is 0.0764 e. The highest BCUT2D eigenvalue weighted by molar-refractivity contribution is 4.97. The van der Waals surface area contributed by atoms with Gasteiger partial charge in [0.15, 0.2) is 0 Å². The minimum absolute atomic E-state index is 0.279. The topological polar surface area (TPSA) is 47.1 Å². The first-order chi connectivity index (χ1) is 6.58. The van der Waals surface area contributed by atoms with Gasteiger partial charge >= 0.3 is 0 Å². The second kappa shape index (κ2) is 5.12. The summed E-state index contributed by atoms with van der Waals surface area (Å²) in [5.74, 6) is 0. The van der Waals surface area contributed by atoms with Crippen molar-refractivity contribution in [1.29, 1.82) is 0 Å². The van der Waals surface area contributed by atoms with E-state index in [-0.39, 0.29) is 6.04 Å². The molecule has 0 fully saturated rings. The Morgan fingerprint density at radius 2 is 2.36 bits per heavy atom. The highest BCUT2D eigenvalue weighted by Gasteiger charge is 2.03. The van der Waals surface area contributed by atoms with Crippen LogP contribution in [0.1, 0.15) is 19.0 Å². The van der Waals surface area contributed by atoms with Crippen LogP contribution in [0.2, 0.25) is 0 Å². The Balaban J connectivity index is 2.30. The molecule has 0 aliphatic rings. The molecule has 1 aromatic rings. The third-order valence-electron chi connectivity index (χ3n) is 2.17. The monoisotopic (exact) mass is 196 g/mol. The van der Waals surface area contributed by atoms with Gasteiger partial charge in [0.1, 0.15) is 0 Å². The van der Waals surface area contributed by atoms with E-state index in [1.807, 2.05) is 30.9 Å². The molecule has 0 aromatic carbocycles. The van der Waals surface area contributed by atoms with Crippen molar-refractivity contribution in [3.63, 3.8) is 0 Å². The van der Waals surface area contributed by atoms with Crippen LogP contribution in [0.4, 0.5) is 0 Å². The van der Waals surface area contributed by atoms with Crippen LogP contribution in [0.25, 0.3) is 0 Å². The Hall–Kier alpha value is -0.870. The fourth-order valence-electron chi connectivity index (χ4n) is 1.33. The molecule has 1 aromatic heterocycles. The zero-order valence-corrected chi connectivity index (χ0v) is 9.27. The average Bonchev–Trinajstić information content (AvgIpc) is 2.48. The molecule has 14 heavy (non-hydrogen) atoms. The molecule has 2 N–H and O–H groups in total. The maximum Gasteiger partial charge on any atom is 0.0764 e. The minimum Gasteiger partial charge on any atom is -0.328 e. The van der Waals surface area contributed by atoms with Crippen LogP contribution in [-0.2, 0) is 13.6 Å². The summed E-state index contributed by atoms with van der Waals surface area (Å²) in [7, 11) is 4.03. The summed E-state index contributed by atoms with van der Waals surface area (Å²) in [6.45, 7) is 3.95. The van der Waals surface area contributed by atoms with Gasteiger partial charge in [-0.15, -0.1) is 0 Å². The Morgan fingerprint density at radius 1 is 1.64 bits per heavy atom. The molecule has 4 nitrogen and oxygen atoms in total. The van der Waals surface area contributed by atoms with E-state index in [1.165, 1.54) is 0 Å². The number of aryl methyl sites for hydroxylation is 1. The highest BCUT2D eigenvalue weighted by Crippen LogP contribution is 2.00. The summed E-state index contributed by atoms with van der Waals surface area (Å²) in [6.07, 6.45) is 3.00. The Morgan fingerprint density at radius 3 is 2.86 bits per heavy atom. The van der Waals surface area contributed by atoms with Crippen LogP contribution in [0, 0.1) is 0 Å². The number of nitrogens with two attached hydrogens (primary N) is 1. The molecule has 0 saturated carbocycles. The van der Waals surface area contributed by atoms with Gasteiger partial charge in [0.25, 0.3) is 0 Å². The predicted octanol–water partition coefficient (Wildman–Crippen LogP) is 0.589. The summed E-state index contributed by atoms with van der Waals surface area (Å²) in [6, 6.07) is 2.32. The zero-order valence-electron chi connectivity index (χ0n) is 9.27. The molecule has 0 aliphatic carbocycles. The highest BCUT2D eigenvalue weighted by atomic mass is 15.3. The van der Waals surface area contributed by atoms with E-state index in [2.05, 4.69) is 17.0 Å². The second-order valence-electron chi connectivity index (χ2n) is 3.98. The van der Waals surface area contributed by atoms with Crippen LogP contribution >= 0.6 is 0 Å². The third kappa shape index (κ3) is 3.89. The first-order valence-corrected chi connectivity index (χ1v) is 5.00. The van der Waals surface area contributed by atoms with Gasteiger partial charge in [-0.1, -0.05) is 0 Å². The van der Waals surface area contributed by atoms with E-state index in [0.717, 1.165) is 25.2 Å². The second-order valence-corrected chi connectivity index (χ2v) is 3.98. The summed E-state index contributed by atoms with van der Waals surface area (Å²) in [5.41, 5.74) is 6.80. The Bertz CT molecular complexity index is 267. The summed E-state index contributed by atoms with van der Waals surface area (Å²) < 4.78 is 1.83. The maximum absolute atomic E-state index is 5.69. The van der Waals surface area contributed by atoms with Gasteiger partial charge in [-0.25, -0.2) is 0 Å². The normalized spacial score (nSPS) is 13.5. The molecule has 0 radical (unpaired) electrons. The van der Waals surface area contributed by atoms with Crippen LogP contribution < -0.4 is 5.73 Å². The number of rotatable bonds is 5. The molecule has 1 heterocycles. The van der Waals surface area contributed by atoms with Gasteiger partial charge in [0, 0.05) is 25.8 Å². The zero-order chi connectivity index (χ0) is 10.6. The fraction of sp³-hybridized carbons (Fsp3) is 0.700. The van der Waals surface area contributed by atoms with Crippen molar-refractivity contribution < 1.29 is 0 Å². The molecule has 0 amide bonds. The van der Waals surface area contributed by atoms with E-state index < -0.39 is 0 Å². The molecule has 1 atom stereocenters. The van der Waals surface area contributed by atoms with Gasteiger partial charge < -0.3 is 10.6 Å². The van der Waals surface area contributed by atoms with Crippen molar-refractivity contribution in [2.45, 2.75) is 25.9 Å². The molecule has 0 saturated heterocycles. The van der Waals surface area contributed by atoms with Crippen LogP contribution in [0.5, 0.6) is 0 Å². The van der Waals surface area contributed by atoms with E-state index in [4.69, 9.17) is 5.73 Å². The van der Waals surface area contributed by atoms with E-state index in [1.54, 1.807) is 0 Å². The maximum atomic E-state index is 5.69. The first kappa shape index (κ1) is 11.2. The molecule has 0 aliphatic heterocycles. The lowest BCUT2D eigenvalue weighted by molar-refractivity contribution is 0.309. The van der Waals surface area contributed by atoms with E-state index in [9.17, 15) is 0 Å². The molecule has 1 rings (SSSR count). The van der Waals surface area contributed by atoms with Crippen LogP contribution in [0.3, 0.4) is 0 Å². The van der Waals surface area contributed by atoms with Gasteiger partial charge in [-0.2, -0.15) is 5.10 Å². The summed E-state index contributed by atoms with van der Waals surface area (Å²) >= 11 is 0. The molecular formula is C10H20N4. The molecular weight excluding hydrogens is 176 g/mol. The average molecular weight is 196 g/mol. The molecule has 1 unspecified atom stereocenters. The lowest BCUT2D eigenvalue weighted by Gasteiger charge is -2.16. The Kier molecular flexibility index (Phi) is 4.10. The lowest BCUT2D eigenvalue weighted by Crippen LogP contribution is -2.25. The first-order valence-electron chi connectivity index (χ1n) is 5.00. The van der Waals surface area contributed by atoms with Crippen molar-refractivity contribution in [3.8, 4) is 0 Å². The van der Waals surface area contributed by atoms with Crippen molar-refractivity contribution in [2.24, 2.45) is 12.8 Å². The van der Waals surface area contributed by atoms with E-state index in [0.29, 0.717) is 0 Å². The van der Waals surface area contributed by atoms with Gasteiger partial charge in [0.05, 0.1) is 5.69 Å². The molecule has 80 valence electrons. The summed E-state index contributed by atoms with van der Waals surface area (Å²) in [4.78, 5) is 2.24. The van der Waals surface area contributed by atoms with Gasteiger partial charge in [-0.3, -0.25) is 4.68 Å². The summed E-state index contributed by atoms with van der Waals surface area (Å²) in [5, 5.41) is 4.32. The van der Waals surface area contributed by atoms with Gasteiger partial charge in [0.2, 0.25) is 0 Å². The van der Waals surface area contributed by atoms with E-state index >= 15 is 0 Å². The molecule has 0 bridgehead atoms. The fourth-order valence-corrected chi connectivity index (χ4v) is 1.33. The van der Waals surface area contributed by atoms with Crippen molar-refractivity contribution >= 4 is 0 Å². The number of aromatic nitrogens is 2. The van der Waals surface area contributed by atoms with Crippen molar-refractivity contribution in [3.05, 3.63) is 18.0 Å². The largest absolute Gasteiger partial charge is 0.328 e. The Labute approximate surface area is 85.7 Å². The quantitative estimate of drug-likeness (QED) is 0.749. The molecule has 4 heteroatoms. The number of nitrogens with zero attached hydrogens (tertiary/aromatic N) is 3. The SMILES string of the molecule is CC(N)CCN(C)Cc1ccn(C)n1. The third-order valence-corrected chi connectivity index (χ3v) is 2.17. The number of hydrogen-bond donors (Lipinski definition) is 1. The molecule has 0 spiro atoms. The number of hydrogen-bond acceptors (Lipinski definition) is 3. The van der Waals surface area contributed by atoms with Crippen molar-refractivity contribution in [1.82, 2.24) is 14.7 Å². The van der Waals surface area contributed by atoms with Crippen LogP contribution in [0.15, 0.2) is 12.3 Å². The standard InChI is InChI=1S/C10H20N4/c1-9(11)4-6-13(2)8-10-5-7-14(3)12-10/h5,7,9H,4,6,8,11H2,1-3H3. The van der Waals surface area contributed by atoms with Gasteiger partial charge in [-0.05, 0) is 33.0 Å². The predicted molar refractivity (Wildman–Crippen MR) is 57.8 cm³/mol. The minimum atomic E-state index is 0.279. The van der Waals surface area contributed by atoms with Crippen molar-refractivity contribution in [2.75, 3.05) is 13.6 Å².